The van der Waals surface area contributed by atoms with E-state index in [9.17, 15) is 5.11 Å². The third-order valence-electron chi connectivity index (χ3n) is 4.34. The maximum atomic E-state index is 10.6. The number of aliphatic hydroxyl groups excluding tert-OH is 1. The highest BCUT2D eigenvalue weighted by Crippen LogP contribution is 2.45. The highest BCUT2D eigenvalue weighted by atomic mass is 16.5. The number of benzene rings is 2. The van der Waals surface area contributed by atoms with E-state index >= 15 is 0 Å². The Morgan fingerprint density at radius 3 is 1.93 bits per heavy atom. The molecule has 0 fully saturated rings. The normalized spacial score (nSPS) is 12.8. The molecule has 2 aromatic carbocycles. The molecule has 0 bridgehead atoms. The quantitative estimate of drug-likeness (QED) is 0.828. The number of fused-ring (bicyclic) bond motifs is 1. The third kappa shape index (κ3) is 3.28. The van der Waals surface area contributed by atoms with Crippen molar-refractivity contribution in [2.24, 2.45) is 0 Å². The number of allylic oxidation sites excluding steroid dienone is 1. The molecule has 0 atom stereocenters. The van der Waals surface area contributed by atoms with Crippen molar-refractivity contribution >= 4 is 5.76 Å². The van der Waals surface area contributed by atoms with Gasteiger partial charge in [-0.15, -0.1) is 0 Å². The summed E-state index contributed by atoms with van der Waals surface area (Å²) in [6.45, 7) is 0. The van der Waals surface area contributed by atoms with E-state index < -0.39 is 0 Å². The van der Waals surface area contributed by atoms with E-state index in [0.717, 1.165) is 5.56 Å². The van der Waals surface area contributed by atoms with Crippen LogP contribution in [0.15, 0.2) is 30.0 Å². The second kappa shape index (κ2) is 7.57. The second-order valence-corrected chi connectivity index (χ2v) is 5.78. The Morgan fingerprint density at radius 2 is 1.41 bits per heavy atom. The van der Waals surface area contributed by atoms with E-state index in [2.05, 4.69) is 0 Å². The van der Waals surface area contributed by atoms with Gasteiger partial charge in [0.25, 0.3) is 0 Å². The Bertz CT molecular complexity index is 861. The number of ether oxygens (including phenoxy) is 6. The zero-order valence-electron chi connectivity index (χ0n) is 15.9. The van der Waals surface area contributed by atoms with Gasteiger partial charge >= 0.3 is 0 Å². The molecule has 2 aromatic rings. The summed E-state index contributed by atoms with van der Waals surface area (Å²) in [5.41, 5.74) is 1.33. The molecule has 0 aromatic heterocycles. The van der Waals surface area contributed by atoms with Crippen LogP contribution >= 0.6 is 0 Å². The van der Waals surface area contributed by atoms with Gasteiger partial charge in [-0.25, -0.2) is 0 Å². The zero-order chi connectivity index (χ0) is 19.6. The molecule has 1 aliphatic heterocycles. The van der Waals surface area contributed by atoms with Gasteiger partial charge in [-0.05, 0) is 12.1 Å². The molecule has 3 rings (SSSR count). The van der Waals surface area contributed by atoms with Crippen LogP contribution in [0.5, 0.6) is 34.5 Å². The Morgan fingerprint density at radius 1 is 0.778 bits per heavy atom. The molecule has 0 saturated heterocycles. The number of methoxy groups -OCH3 is 5. The van der Waals surface area contributed by atoms with Gasteiger partial charge in [-0.2, -0.15) is 0 Å². The molecule has 27 heavy (non-hydrogen) atoms. The van der Waals surface area contributed by atoms with E-state index in [1.165, 1.54) is 21.3 Å². The van der Waals surface area contributed by atoms with Crippen LogP contribution < -0.4 is 28.4 Å². The summed E-state index contributed by atoms with van der Waals surface area (Å²) in [7, 11) is 7.72. The minimum absolute atomic E-state index is 0.0697. The lowest BCUT2D eigenvalue weighted by molar-refractivity contribution is 0.322. The van der Waals surface area contributed by atoms with E-state index in [4.69, 9.17) is 28.4 Å². The van der Waals surface area contributed by atoms with Gasteiger partial charge < -0.3 is 33.5 Å². The highest BCUT2D eigenvalue weighted by Gasteiger charge is 2.27. The average molecular weight is 374 g/mol. The van der Waals surface area contributed by atoms with Crippen molar-refractivity contribution in [3.8, 4) is 34.5 Å². The molecule has 7 heteroatoms. The summed E-state index contributed by atoms with van der Waals surface area (Å²) < 4.78 is 32.8. The predicted molar refractivity (Wildman–Crippen MR) is 99.5 cm³/mol. The van der Waals surface area contributed by atoms with Gasteiger partial charge in [-0.3, -0.25) is 0 Å². The molecular formula is C20H22O7. The number of rotatable bonds is 6. The first-order chi connectivity index (χ1) is 13.1. The van der Waals surface area contributed by atoms with Gasteiger partial charge in [0, 0.05) is 29.7 Å². The summed E-state index contributed by atoms with van der Waals surface area (Å²) in [5.74, 6) is 3.49. The minimum Gasteiger partial charge on any atom is -0.508 e. The number of hydrogen-bond acceptors (Lipinski definition) is 7. The summed E-state index contributed by atoms with van der Waals surface area (Å²) in [4.78, 5) is 0. The Hall–Kier alpha value is -3.22. The zero-order valence-corrected chi connectivity index (χ0v) is 15.9. The highest BCUT2D eigenvalue weighted by molar-refractivity contribution is 5.73. The molecule has 1 heterocycles. The average Bonchev–Trinajstić information content (AvgIpc) is 2.71. The molecule has 7 nitrogen and oxygen atoms in total. The molecule has 0 radical (unpaired) electrons. The molecule has 0 unspecified atom stereocenters. The monoisotopic (exact) mass is 374 g/mol. The van der Waals surface area contributed by atoms with Gasteiger partial charge in [-0.1, -0.05) is 0 Å². The van der Waals surface area contributed by atoms with E-state index in [0.29, 0.717) is 45.8 Å². The molecule has 0 saturated carbocycles. The van der Waals surface area contributed by atoms with Crippen LogP contribution in [-0.4, -0.2) is 40.7 Å². The molecule has 0 amide bonds. The van der Waals surface area contributed by atoms with Crippen LogP contribution in [0.3, 0.4) is 0 Å². The van der Waals surface area contributed by atoms with Crippen LogP contribution in [0.4, 0.5) is 0 Å². The third-order valence-corrected chi connectivity index (χ3v) is 4.34. The topological polar surface area (TPSA) is 75.6 Å². The lowest BCUT2D eigenvalue weighted by Gasteiger charge is -2.24. The SMILES string of the molecule is COc1cc(OC)c2c(c1)OC(c1cc(OC)c(OC)c(OC)c1)=C(O)C2. The van der Waals surface area contributed by atoms with Gasteiger partial charge in [0.2, 0.25) is 5.75 Å². The largest absolute Gasteiger partial charge is 0.508 e. The smallest absolute Gasteiger partial charge is 0.203 e. The lowest BCUT2D eigenvalue weighted by Crippen LogP contribution is -2.11. The Kier molecular flexibility index (Phi) is 5.21. The van der Waals surface area contributed by atoms with E-state index in [-0.39, 0.29) is 12.2 Å². The van der Waals surface area contributed by atoms with Gasteiger partial charge in [0.05, 0.1) is 35.5 Å². The first-order valence-corrected chi connectivity index (χ1v) is 8.21. The maximum Gasteiger partial charge on any atom is 0.203 e. The fourth-order valence-electron chi connectivity index (χ4n) is 3.02. The molecular weight excluding hydrogens is 352 g/mol. The first-order valence-electron chi connectivity index (χ1n) is 8.21. The molecule has 1 N–H and O–H groups in total. The molecule has 0 spiro atoms. The van der Waals surface area contributed by atoms with Crippen molar-refractivity contribution in [2.45, 2.75) is 6.42 Å². The van der Waals surface area contributed by atoms with Gasteiger partial charge in [0.1, 0.15) is 23.0 Å². The lowest BCUT2D eigenvalue weighted by atomic mass is 10.0. The standard InChI is InChI=1S/C20H22O7/c1-22-12-8-15(23-2)13-10-14(21)19(27-16(13)9-12)11-6-17(24-3)20(26-5)18(7-11)25-4/h6-9,21H,10H2,1-5H3. The Balaban J connectivity index is 2.10. The summed E-state index contributed by atoms with van der Waals surface area (Å²) in [6.07, 6.45) is 0.258. The predicted octanol–water partition coefficient (Wildman–Crippen LogP) is 3.59. The summed E-state index contributed by atoms with van der Waals surface area (Å²) in [5, 5.41) is 10.6. The van der Waals surface area contributed by atoms with Crippen molar-refractivity contribution in [1.82, 2.24) is 0 Å². The summed E-state index contributed by atoms with van der Waals surface area (Å²) >= 11 is 0. The maximum absolute atomic E-state index is 10.6. The second-order valence-electron chi connectivity index (χ2n) is 5.78. The van der Waals surface area contributed by atoms with Crippen LogP contribution in [-0.2, 0) is 6.42 Å². The van der Waals surface area contributed by atoms with Crippen molar-refractivity contribution in [2.75, 3.05) is 35.5 Å². The fourth-order valence-corrected chi connectivity index (χ4v) is 3.02. The van der Waals surface area contributed by atoms with Crippen LogP contribution in [0.2, 0.25) is 0 Å². The van der Waals surface area contributed by atoms with Crippen molar-refractivity contribution in [3.63, 3.8) is 0 Å². The van der Waals surface area contributed by atoms with Crippen molar-refractivity contribution in [3.05, 3.63) is 41.2 Å². The number of hydrogen-bond donors (Lipinski definition) is 1. The van der Waals surface area contributed by atoms with E-state index in [1.54, 1.807) is 38.5 Å². The molecule has 0 aliphatic carbocycles. The first kappa shape index (κ1) is 18.6. The van der Waals surface area contributed by atoms with Crippen molar-refractivity contribution < 1.29 is 33.5 Å². The fraction of sp³-hybridized carbons (Fsp3) is 0.300. The minimum atomic E-state index is 0.0697. The molecule has 144 valence electrons. The summed E-state index contributed by atoms with van der Waals surface area (Å²) in [6, 6.07) is 6.94. The number of aliphatic hydroxyl groups is 1. The van der Waals surface area contributed by atoms with Gasteiger partial charge in [0.15, 0.2) is 17.3 Å². The molecule has 1 aliphatic rings. The van der Waals surface area contributed by atoms with E-state index in [1.807, 2.05) is 0 Å². The van der Waals surface area contributed by atoms with Crippen LogP contribution in [0.25, 0.3) is 5.76 Å². The van der Waals surface area contributed by atoms with Crippen molar-refractivity contribution in [1.29, 1.82) is 0 Å². The van der Waals surface area contributed by atoms with Crippen LogP contribution in [0, 0.1) is 0 Å². The Labute approximate surface area is 157 Å². The van der Waals surface area contributed by atoms with Crippen LogP contribution in [0.1, 0.15) is 11.1 Å².